The van der Waals surface area contributed by atoms with Gasteiger partial charge in [-0.2, -0.15) is 0 Å². The lowest BCUT2D eigenvalue weighted by atomic mass is 10.1. The molecule has 0 bridgehead atoms. The Morgan fingerprint density at radius 2 is 1.82 bits per heavy atom. The van der Waals surface area contributed by atoms with Crippen LogP contribution in [0, 0.1) is 0 Å². The average molecular weight is 344 g/mol. The third-order valence-electron chi connectivity index (χ3n) is 3.21. The number of esters is 1. The van der Waals surface area contributed by atoms with Gasteiger partial charge in [0.15, 0.2) is 0 Å². The minimum absolute atomic E-state index is 0.0466. The summed E-state index contributed by atoms with van der Waals surface area (Å²) in [4.78, 5) is 11.9. The van der Waals surface area contributed by atoms with Gasteiger partial charge in [-0.25, -0.2) is 13.1 Å². The van der Waals surface area contributed by atoms with Crippen LogP contribution in [0.25, 0.3) is 0 Å². The van der Waals surface area contributed by atoms with Crippen molar-refractivity contribution in [1.82, 2.24) is 4.72 Å². The summed E-state index contributed by atoms with van der Waals surface area (Å²) >= 11 is 0. The lowest BCUT2D eigenvalue weighted by Crippen LogP contribution is -2.44. The van der Waals surface area contributed by atoms with Crippen molar-refractivity contribution in [3.8, 4) is 0 Å². The van der Waals surface area contributed by atoms with Crippen LogP contribution in [0.4, 0.5) is 0 Å². The summed E-state index contributed by atoms with van der Waals surface area (Å²) in [6, 6.07) is 9.04. The second-order valence-corrected chi connectivity index (χ2v) is 14.0. The Balaban J connectivity index is 2.79. The molecule has 0 saturated carbocycles. The van der Waals surface area contributed by atoms with E-state index >= 15 is 0 Å². The number of sulfonamides is 1. The third kappa shape index (κ3) is 7.19. The molecule has 1 atom stereocenters. The van der Waals surface area contributed by atoms with Gasteiger partial charge >= 0.3 is 5.97 Å². The molecule has 0 aliphatic rings. The third-order valence-corrected chi connectivity index (χ3v) is 6.71. The fourth-order valence-corrected chi connectivity index (χ4v) is 6.14. The van der Waals surface area contributed by atoms with E-state index in [1.54, 1.807) is 0 Å². The number of carbonyl (C=O) groups excluding carboxylic acids is 1. The number of benzene rings is 1. The standard InChI is InChI=1S/C15H25NO4SSi/c1-20-15(17)14(12-13-8-6-5-7-9-13)16-21(18,19)10-11-22(2,3)4/h5-9,14,16H,10-12H2,1-4H3. The van der Waals surface area contributed by atoms with Crippen LogP contribution >= 0.6 is 0 Å². The molecule has 1 rings (SSSR count). The Morgan fingerprint density at radius 3 is 2.32 bits per heavy atom. The second kappa shape index (κ2) is 7.89. The van der Waals surface area contributed by atoms with Crippen LogP contribution in [0.15, 0.2) is 30.3 Å². The molecule has 0 aromatic heterocycles. The average Bonchev–Trinajstić information content (AvgIpc) is 2.44. The zero-order chi connectivity index (χ0) is 16.8. The number of hydrogen-bond acceptors (Lipinski definition) is 4. The molecule has 1 N–H and O–H groups in total. The van der Waals surface area contributed by atoms with Crippen molar-refractivity contribution >= 4 is 24.1 Å². The van der Waals surface area contributed by atoms with Gasteiger partial charge in [0, 0.05) is 8.07 Å². The summed E-state index contributed by atoms with van der Waals surface area (Å²) in [5.74, 6) is -0.522. The van der Waals surface area contributed by atoms with E-state index in [2.05, 4.69) is 24.4 Å². The number of nitrogens with one attached hydrogen (secondary N) is 1. The molecule has 124 valence electrons. The van der Waals surface area contributed by atoms with Crippen LogP contribution in [0.1, 0.15) is 5.56 Å². The van der Waals surface area contributed by atoms with E-state index in [1.807, 2.05) is 30.3 Å². The molecule has 0 fully saturated rings. The molecule has 0 aliphatic carbocycles. The van der Waals surface area contributed by atoms with E-state index in [0.29, 0.717) is 6.04 Å². The number of ether oxygens (including phenoxy) is 1. The summed E-state index contributed by atoms with van der Waals surface area (Å²) < 4.78 is 31.6. The molecular formula is C15H25NO4SSi. The SMILES string of the molecule is COC(=O)C(Cc1ccccc1)NS(=O)(=O)CC[Si](C)(C)C. The van der Waals surface area contributed by atoms with E-state index in [0.717, 1.165) is 5.56 Å². The van der Waals surface area contributed by atoms with E-state index in [9.17, 15) is 13.2 Å². The number of methoxy groups -OCH3 is 1. The van der Waals surface area contributed by atoms with E-state index in [1.165, 1.54) is 7.11 Å². The maximum absolute atomic E-state index is 12.2. The first-order valence-corrected chi connectivity index (χ1v) is 12.6. The Labute approximate surface area is 134 Å². The molecular weight excluding hydrogens is 318 g/mol. The van der Waals surface area contributed by atoms with Crippen LogP contribution in [0.2, 0.25) is 25.7 Å². The summed E-state index contributed by atoms with van der Waals surface area (Å²) in [6.45, 7) is 6.35. The van der Waals surface area contributed by atoms with Gasteiger partial charge in [-0.15, -0.1) is 0 Å². The fraction of sp³-hybridized carbons (Fsp3) is 0.533. The molecule has 0 saturated heterocycles. The van der Waals surface area contributed by atoms with Gasteiger partial charge in [-0.3, -0.25) is 4.79 Å². The molecule has 1 aromatic carbocycles. The van der Waals surface area contributed by atoms with Gasteiger partial charge < -0.3 is 4.74 Å². The van der Waals surface area contributed by atoms with E-state index in [4.69, 9.17) is 4.74 Å². The second-order valence-electron chi connectivity index (χ2n) is 6.51. The zero-order valence-electron chi connectivity index (χ0n) is 13.6. The largest absolute Gasteiger partial charge is 0.468 e. The smallest absolute Gasteiger partial charge is 0.324 e. The Hall–Kier alpha value is -1.18. The summed E-state index contributed by atoms with van der Waals surface area (Å²) in [7, 11) is -3.71. The van der Waals surface area contributed by atoms with Crippen molar-refractivity contribution in [2.75, 3.05) is 12.9 Å². The Bertz CT molecular complexity index is 581. The first-order chi connectivity index (χ1) is 10.1. The van der Waals surface area contributed by atoms with Gasteiger partial charge in [0.05, 0.1) is 12.9 Å². The first kappa shape index (κ1) is 18.9. The Kier molecular flexibility index (Phi) is 6.77. The van der Waals surface area contributed by atoms with Gasteiger partial charge in [0.25, 0.3) is 0 Å². The van der Waals surface area contributed by atoms with Crippen LogP contribution in [-0.4, -0.2) is 41.4 Å². The van der Waals surface area contributed by atoms with Crippen molar-refractivity contribution in [3.63, 3.8) is 0 Å². The molecule has 7 heteroatoms. The van der Waals surface area contributed by atoms with Crippen LogP contribution in [0.5, 0.6) is 0 Å². The molecule has 0 amide bonds. The summed E-state index contributed by atoms with van der Waals surface area (Å²) in [5.41, 5.74) is 0.880. The summed E-state index contributed by atoms with van der Waals surface area (Å²) in [6.07, 6.45) is 0.277. The highest BCUT2D eigenvalue weighted by Crippen LogP contribution is 2.11. The molecule has 22 heavy (non-hydrogen) atoms. The number of hydrogen-bond donors (Lipinski definition) is 1. The zero-order valence-corrected chi connectivity index (χ0v) is 15.4. The molecule has 0 radical (unpaired) electrons. The molecule has 1 unspecified atom stereocenters. The van der Waals surface area contributed by atoms with Crippen molar-refractivity contribution in [1.29, 1.82) is 0 Å². The highest BCUT2D eigenvalue weighted by molar-refractivity contribution is 7.89. The lowest BCUT2D eigenvalue weighted by molar-refractivity contribution is -0.142. The van der Waals surface area contributed by atoms with Crippen LogP contribution < -0.4 is 4.72 Å². The first-order valence-electron chi connectivity index (χ1n) is 7.25. The molecule has 5 nitrogen and oxygen atoms in total. The maximum Gasteiger partial charge on any atom is 0.324 e. The van der Waals surface area contributed by atoms with Gasteiger partial charge in [0.2, 0.25) is 10.0 Å². The number of rotatable bonds is 8. The fourth-order valence-electron chi connectivity index (χ4n) is 1.88. The predicted molar refractivity (Wildman–Crippen MR) is 91.0 cm³/mol. The van der Waals surface area contributed by atoms with E-state index in [-0.39, 0.29) is 12.2 Å². The predicted octanol–water partition coefficient (Wildman–Crippen LogP) is 2.03. The Morgan fingerprint density at radius 1 is 1.23 bits per heavy atom. The topological polar surface area (TPSA) is 72.5 Å². The van der Waals surface area contributed by atoms with Gasteiger partial charge in [0.1, 0.15) is 6.04 Å². The highest BCUT2D eigenvalue weighted by atomic mass is 32.2. The van der Waals surface area contributed by atoms with Gasteiger partial charge in [-0.1, -0.05) is 50.0 Å². The van der Waals surface area contributed by atoms with Crippen molar-refractivity contribution in [3.05, 3.63) is 35.9 Å². The molecule has 0 aliphatic heterocycles. The quantitative estimate of drug-likeness (QED) is 0.579. The molecule has 0 spiro atoms. The summed E-state index contributed by atoms with van der Waals surface area (Å²) in [5, 5.41) is 0. The van der Waals surface area contributed by atoms with Crippen molar-refractivity contribution in [2.24, 2.45) is 0 Å². The molecule has 0 heterocycles. The minimum Gasteiger partial charge on any atom is -0.468 e. The number of carbonyl (C=O) groups is 1. The normalized spacial score (nSPS) is 13.6. The lowest BCUT2D eigenvalue weighted by Gasteiger charge is -2.19. The minimum atomic E-state index is -3.51. The monoisotopic (exact) mass is 343 g/mol. The highest BCUT2D eigenvalue weighted by Gasteiger charge is 2.27. The van der Waals surface area contributed by atoms with Crippen molar-refractivity contribution in [2.45, 2.75) is 38.1 Å². The maximum atomic E-state index is 12.2. The van der Waals surface area contributed by atoms with Crippen LogP contribution in [0.3, 0.4) is 0 Å². The van der Waals surface area contributed by atoms with Crippen LogP contribution in [-0.2, 0) is 26.0 Å². The van der Waals surface area contributed by atoms with Gasteiger partial charge in [-0.05, 0) is 18.0 Å². The van der Waals surface area contributed by atoms with Crippen molar-refractivity contribution < 1.29 is 17.9 Å². The van der Waals surface area contributed by atoms with E-state index < -0.39 is 30.1 Å². The molecule has 1 aromatic rings.